The summed E-state index contributed by atoms with van der Waals surface area (Å²) in [5.74, 6) is 0. The molecule has 1 saturated heterocycles. The molecular weight excluding hydrogens is 234 g/mol. The lowest BCUT2D eigenvalue weighted by molar-refractivity contribution is 0.210. The number of likely N-dealkylation sites (tertiary alicyclic amines) is 1. The zero-order valence-corrected chi connectivity index (χ0v) is 13.5. The van der Waals surface area contributed by atoms with Gasteiger partial charge in [-0.15, -0.1) is 0 Å². The lowest BCUT2D eigenvalue weighted by Crippen LogP contribution is -2.37. The van der Waals surface area contributed by atoms with Gasteiger partial charge in [0, 0.05) is 12.6 Å². The highest BCUT2D eigenvalue weighted by Gasteiger charge is 2.25. The predicted molar refractivity (Wildman–Crippen MR) is 84.8 cm³/mol. The van der Waals surface area contributed by atoms with Gasteiger partial charge in [0.1, 0.15) is 0 Å². The topological polar surface area (TPSA) is 18.5 Å². The van der Waals surface area contributed by atoms with Crippen molar-refractivity contribution in [2.24, 2.45) is 0 Å². The van der Waals surface area contributed by atoms with E-state index < -0.39 is 0 Å². The lowest BCUT2D eigenvalue weighted by Gasteiger charge is -2.26. The largest absolute Gasteiger partial charge is 0.317 e. The Morgan fingerprint density at radius 3 is 2.47 bits per heavy atom. The summed E-state index contributed by atoms with van der Waals surface area (Å²) >= 11 is 0. The normalized spacial score (nSPS) is 20.5. The van der Waals surface area contributed by atoms with E-state index in [1.807, 2.05) is 0 Å². The van der Waals surface area contributed by atoms with E-state index in [9.17, 15) is 0 Å². The van der Waals surface area contributed by atoms with E-state index >= 15 is 0 Å². The molecule has 1 aliphatic heterocycles. The predicted octanol–water partition coefficient (Wildman–Crippen LogP) is 2.57. The first-order chi connectivity index (χ1) is 9.31. The smallest absolute Gasteiger partial charge is 0.0235 e. The molecule has 1 N–H and O–H groups in total. The summed E-state index contributed by atoms with van der Waals surface area (Å²) in [6.07, 6.45) is 6.90. The molecule has 114 valence electrons. The molecule has 19 heavy (non-hydrogen) atoms. The highest BCUT2D eigenvalue weighted by Crippen LogP contribution is 2.16. The molecule has 0 spiro atoms. The number of unbranched alkanes of at least 4 members (excludes halogenated alkanes) is 3. The average molecular weight is 269 g/mol. The maximum absolute atomic E-state index is 3.40. The maximum atomic E-state index is 3.40. The first-order valence-electron chi connectivity index (χ1n) is 8.48. The first-order valence-corrected chi connectivity index (χ1v) is 8.48. The number of hydrogen-bond donors (Lipinski definition) is 1. The standard InChI is InChI=1S/C16H35N3/c1-4-17-12-9-7-8-10-13-18-14-11-16(15-18)19(5-2)6-3/h16-17H,4-15H2,1-3H3. The van der Waals surface area contributed by atoms with Crippen LogP contribution >= 0.6 is 0 Å². The molecule has 1 rings (SSSR count). The quantitative estimate of drug-likeness (QED) is 0.582. The fourth-order valence-corrected chi connectivity index (χ4v) is 3.17. The van der Waals surface area contributed by atoms with E-state index in [2.05, 4.69) is 35.9 Å². The van der Waals surface area contributed by atoms with Crippen LogP contribution in [0.2, 0.25) is 0 Å². The van der Waals surface area contributed by atoms with Gasteiger partial charge in [0.15, 0.2) is 0 Å². The van der Waals surface area contributed by atoms with Crippen molar-refractivity contribution in [3.8, 4) is 0 Å². The number of nitrogens with zero attached hydrogens (tertiary/aromatic N) is 2. The van der Waals surface area contributed by atoms with E-state index in [1.54, 1.807) is 0 Å². The average Bonchev–Trinajstić information content (AvgIpc) is 2.88. The first kappa shape index (κ1) is 16.9. The SMILES string of the molecule is CCNCCCCCCN1CCC(N(CC)CC)C1. The molecule has 0 aliphatic carbocycles. The Bertz CT molecular complexity index is 204. The molecular formula is C16H35N3. The zero-order chi connectivity index (χ0) is 13.9. The molecule has 1 aliphatic rings. The van der Waals surface area contributed by atoms with Gasteiger partial charge in [0.05, 0.1) is 0 Å². The minimum absolute atomic E-state index is 0.823. The molecule has 1 fully saturated rings. The second-order valence-corrected chi connectivity index (χ2v) is 5.73. The van der Waals surface area contributed by atoms with Crippen LogP contribution in [0.4, 0.5) is 0 Å². The van der Waals surface area contributed by atoms with Crippen molar-refractivity contribution in [2.45, 2.75) is 58.9 Å². The molecule has 0 saturated carbocycles. The molecule has 1 heterocycles. The van der Waals surface area contributed by atoms with E-state index in [4.69, 9.17) is 0 Å². The van der Waals surface area contributed by atoms with Crippen LogP contribution in [0.3, 0.4) is 0 Å². The molecule has 3 heteroatoms. The Kier molecular flexibility index (Phi) is 9.48. The highest BCUT2D eigenvalue weighted by atomic mass is 15.2. The summed E-state index contributed by atoms with van der Waals surface area (Å²) in [6, 6.07) is 0.823. The summed E-state index contributed by atoms with van der Waals surface area (Å²) in [5.41, 5.74) is 0. The molecule has 1 atom stereocenters. The number of nitrogens with one attached hydrogen (secondary N) is 1. The molecule has 0 aromatic carbocycles. The van der Waals surface area contributed by atoms with Gasteiger partial charge in [-0.3, -0.25) is 4.90 Å². The second-order valence-electron chi connectivity index (χ2n) is 5.73. The van der Waals surface area contributed by atoms with Crippen LogP contribution in [-0.2, 0) is 0 Å². The van der Waals surface area contributed by atoms with Gasteiger partial charge in [-0.25, -0.2) is 0 Å². The minimum atomic E-state index is 0.823. The van der Waals surface area contributed by atoms with Crippen LogP contribution in [0.15, 0.2) is 0 Å². The van der Waals surface area contributed by atoms with Crippen molar-refractivity contribution >= 4 is 0 Å². The zero-order valence-electron chi connectivity index (χ0n) is 13.5. The molecule has 0 aromatic heterocycles. The Labute approximate surface area is 120 Å². The third kappa shape index (κ3) is 6.73. The third-order valence-corrected chi connectivity index (χ3v) is 4.40. The van der Waals surface area contributed by atoms with Crippen molar-refractivity contribution in [2.75, 3.05) is 45.8 Å². The monoisotopic (exact) mass is 269 g/mol. The summed E-state index contributed by atoms with van der Waals surface area (Å²) in [6.45, 7) is 15.4. The van der Waals surface area contributed by atoms with Crippen LogP contribution < -0.4 is 5.32 Å². The fourth-order valence-electron chi connectivity index (χ4n) is 3.17. The Morgan fingerprint density at radius 2 is 1.79 bits per heavy atom. The van der Waals surface area contributed by atoms with E-state index in [0.29, 0.717) is 0 Å². The minimum Gasteiger partial charge on any atom is -0.317 e. The van der Waals surface area contributed by atoms with Crippen LogP contribution in [0, 0.1) is 0 Å². The van der Waals surface area contributed by atoms with E-state index in [1.165, 1.54) is 71.4 Å². The molecule has 0 aromatic rings. The van der Waals surface area contributed by atoms with Gasteiger partial charge in [-0.2, -0.15) is 0 Å². The van der Waals surface area contributed by atoms with Crippen molar-refractivity contribution in [1.82, 2.24) is 15.1 Å². The number of likely N-dealkylation sites (N-methyl/N-ethyl adjacent to an activating group) is 1. The van der Waals surface area contributed by atoms with Gasteiger partial charge < -0.3 is 10.2 Å². The number of hydrogen-bond acceptors (Lipinski definition) is 3. The summed E-state index contributed by atoms with van der Waals surface area (Å²) in [4.78, 5) is 5.30. The van der Waals surface area contributed by atoms with Crippen molar-refractivity contribution < 1.29 is 0 Å². The molecule has 0 amide bonds. The highest BCUT2D eigenvalue weighted by molar-refractivity contribution is 4.82. The van der Waals surface area contributed by atoms with Gasteiger partial charge >= 0.3 is 0 Å². The van der Waals surface area contributed by atoms with E-state index in [-0.39, 0.29) is 0 Å². The molecule has 3 nitrogen and oxygen atoms in total. The third-order valence-electron chi connectivity index (χ3n) is 4.40. The van der Waals surface area contributed by atoms with Gasteiger partial charge in [-0.1, -0.05) is 33.6 Å². The Balaban J connectivity index is 1.99. The van der Waals surface area contributed by atoms with Crippen molar-refractivity contribution in [3.63, 3.8) is 0 Å². The Morgan fingerprint density at radius 1 is 1.05 bits per heavy atom. The van der Waals surface area contributed by atoms with E-state index in [0.717, 1.165) is 12.6 Å². The van der Waals surface area contributed by atoms with Gasteiger partial charge in [0.2, 0.25) is 0 Å². The number of rotatable bonds is 11. The van der Waals surface area contributed by atoms with Gasteiger partial charge in [-0.05, 0) is 58.5 Å². The second kappa shape index (κ2) is 10.6. The summed E-state index contributed by atoms with van der Waals surface area (Å²) in [5, 5.41) is 3.40. The lowest BCUT2D eigenvalue weighted by atomic mass is 10.2. The molecule has 0 bridgehead atoms. The Hall–Kier alpha value is -0.120. The van der Waals surface area contributed by atoms with Crippen LogP contribution in [-0.4, -0.2) is 61.7 Å². The van der Waals surface area contributed by atoms with Gasteiger partial charge in [0.25, 0.3) is 0 Å². The molecule has 0 radical (unpaired) electrons. The fraction of sp³-hybridized carbons (Fsp3) is 1.00. The summed E-state index contributed by atoms with van der Waals surface area (Å²) in [7, 11) is 0. The van der Waals surface area contributed by atoms with Crippen LogP contribution in [0.25, 0.3) is 0 Å². The van der Waals surface area contributed by atoms with Crippen LogP contribution in [0.5, 0.6) is 0 Å². The summed E-state index contributed by atoms with van der Waals surface area (Å²) < 4.78 is 0. The van der Waals surface area contributed by atoms with Crippen LogP contribution in [0.1, 0.15) is 52.9 Å². The maximum Gasteiger partial charge on any atom is 0.0235 e. The van der Waals surface area contributed by atoms with Crippen molar-refractivity contribution in [3.05, 3.63) is 0 Å². The molecule has 1 unspecified atom stereocenters. The van der Waals surface area contributed by atoms with Crippen molar-refractivity contribution in [1.29, 1.82) is 0 Å².